The maximum Gasteiger partial charge on any atom is 0.314 e. The zero-order valence-corrected chi connectivity index (χ0v) is 9.79. The van der Waals surface area contributed by atoms with Crippen LogP contribution in [-0.4, -0.2) is 24.7 Å². The van der Waals surface area contributed by atoms with E-state index in [9.17, 15) is 9.90 Å². The SMILES string of the molecule is CNC[C@H]1C[C@@]1(C(=O)O)c1ccccc1Cl. The number of halogens is 1. The molecule has 0 bridgehead atoms. The fourth-order valence-electron chi connectivity index (χ4n) is 2.35. The second kappa shape index (κ2) is 4.07. The van der Waals surface area contributed by atoms with Crippen LogP contribution in [0.25, 0.3) is 0 Å². The smallest absolute Gasteiger partial charge is 0.314 e. The maximum absolute atomic E-state index is 11.4. The summed E-state index contributed by atoms with van der Waals surface area (Å²) in [7, 11) is 1.83. The number of carboxylic acid groups (broad SMARTS) is 1. The third-order valence-electron chi connectivity index (χ3n) is 3.29. The van der Waals surface area contributed by atoms with Crippen molar-refractivity contribution in [1.29, 1.82) is 0 Å². The van der Waals surface area contributed by atoms with Gasteiger partial charge in [0.15, 0.2) is 0 Å². The van der Waals surface area contributed by atoms with Gasteiger partial charge in [0.2, 0.25) is 0 Å². The van der Waals surface area contributed by atoms with Gasteiger partial charge in [-0.1, -0.05) is 29.8 Å². The predicted octanol–water partition coefficient (Wildman–Crippen LogP) is 1.90. The molecule has 0 aliphatic heterocycles. The van der Waals surface area contributed by atoms with Crippen molar-refractivity contribution in [3.8, 4) is 0 Å². The van der Waals surface area contributed by atoms with E-state index in [-0.39, 0.29) is 5.92 Å². The first-order chi connectivity index (χ1) is 7.63. The molecular formula is C12H14ClNO2. The number of aliphatic carboxylic acids is 1. The molecule has 1 aromatic rings. The molecule has 0 radical (unpaired) electrons. The van der Waals surface area contributed by atoms with Crippen molar-refractivity contribution in [3.63, 3.8) is 0 Å². The monoisotopic (exact) mass is 239 g/mol. The molecule has 86 valence electrons. The van der Waals surface area contributed by atoms with E-state index in [4.69, 9.17) is 11.6 Å². The number of carboxylic acids is 1. The van der Waals surface area contributed by atoms with Crippen molar-refractivity contribution in [2.75, 3.05) is 13.6 Å². The average molecular weight is 240 g/mol. The zero-order chi connectivity index (χ0) is 11.8. The van der Waals surface area contributed by atoms with Crippen LogP contribution < -0.4 is 5.32 Å². The normalized spacial score (nSPS) is 27.8. The Labute approximate surface area is 99.4 Å². The Hall–Kier alpha value is -1.06. The Morgan fingerprint density at radius 1 is 1.62 bits per heavy atom. The summed E-state index contributed by atoms with van der Waals surface area (Å²) < 4.78 is 0. The minimum absolute atomic E-state index is 0.134. The summed E-state index contributed by atoms with van der Waals surface area (Å²) in [6, 6.07) is 7.21. The van der Waals surface area contributed by atoms with Crippen LogP contribution in [-0.2, 0) is 10.2 Å². The second-order valence-corrected chi connectivity index (χ2v) is 4.62. The molecule has 4 heteroatoms. The van der Waals surface area contributed by atoms with E-state index in [1.54, 1.807) is 6.07 Å². The Balaban J connectivity index is 2.37. The number of rotatable bonds is 4. The highest BCUT2D eigenvalue weighted by Crippen LogP contribution is 2.55. The van der Waals surface area contributed by atoms with Gasteiger partial charge in [-0.15, -0.1) is 0 Å². The van der Waals surface area contributed by atoms with Crippen LogP contribution in [0.2, 0.25) is 5.02 Å². The van der Waals surface area contributed by atoms with Gasteiger partial charge in [0, 0.05) is 5.02 Å². The van der Waals surface area contributed by atoms with Crippen LogP contribution >= 0.6 is 11.6 Å². The Bertz CT molecular complexity index is 421. The summed E-state index contributed by atoms with van der Waals surface area (Å²) >= 11 is 6.07. The highest BCUT2D eigenvalue weighted by molar-refractivity contribution is 6.31. The van der Waals surface area contributed by atoms with Gasteiger partial charge in [0.25, 0.3) is 0 Å². The van der Waals surface area contributed by atoms with Gasteiger partial charge in [-0.25, -0.2) is 0 Å². The fourth-order valence-corrected chi connectivity index (χ4v) is 2.66. The summed E-state index contributed by atoms with van der Waals surface area (Å²) in [4.78, 5) is 11.4. The van der Waals surface area contributed by atoms with E-state index in [1.807, 2.05) is 25.2 Å². The van der Waals surface area contributed by atoms with E-state index in [1.165, 1.54) is 0 Å². The molecule has 0 saturated heterocycles. The molecule has 1 fully saturated rings. The highest BCUT2D eigenvalue weighted by atomic mass is 35.5. The van der Waals surface area contributed by atoms with Crippen molar-refractivity contribution in [3.05, 3.63) is 34.9 Å². The topological polar surface area (TPSA) is 49.3 Å². The summed E-state index contributed by atoms with van der Waals surface area (Å²) in [6.45, 7) is 0.706. The minimum atomic E-state index is -0.777. The van der Waals surface area contributed by atoms with E-state index in [2.05, 4.69) is 5.32 Å². The van der Waals surface area contributed by atoms with E-state index in [0.29, 0.717) is 18.0 Å². The highest BCUT2D eigenvalue weighted by Gasteiger charge is 2.61. The Kier molecular flexibility index (Phi) is 2.91. The minimum Gasteiger partial charge on any atom is -0.481 e. The second-order valence-electron chi connectivity index (χ2n) is 4.22. The lowest BCUT2D eigenvalue weighted by Crippen LogP contribution is -2.26. The molecule has 2 rings (SSSR count). The molecule has 0 heterocycles. The fraction of sp³-hybridized carbons (Fsp3) is 0.417. The molecule has 2 atom stereocenters. The molecular weight excluding hydrogens is 226 g/mol. The van der Waals surface area contributed by atoms with Crippen molar-refractivity contribution >= 4 is 17.6 Å². The van der Waals surface area contributed by atoms with E-state index < -0.39 is 11.4 Å². The van der Waals surface area contributed by atoms with Gasteiger partial charge in [-0.3, -0.25) is 4.79 Å². The van der Waals surface area contributed by atoms with E-state index in [0.717, 1.165) is 5.56 Å². The maximum atomic E-state index is 11.4. The molecule has 1 saturated carbocycles. The molecule has 0 aromatic heterocycles. The molecule has 1 aliphatic rings. The standard InChI is InChI=1S/C12H14ClNO2/c1-14-7-8-6-12(8,11(15)16)9-4-2-3-5-10(9)13/h2-5,8,14H,6-7H2,1H3,(H,15,16)/t8-,12+/m1/s1. The number of benzene rings is 1. The summed E-state index contributed by atoms with van der Waals surface area (Å²) in [5, 5.41) is 13.0. The largest absolute Gasteiger partial charge is 0.481 e. The Morgan fingerprint density at radius 3 is 2.88 bits per heavy atom. The number of carbonyl (C=O) groups is 1. The predicted molar refractivity (Wildman–Crippen MR) is 62.8 cm³/mol. The first kappa shape index (κ1) is 11.4. The van der Waals surface area contributed by atoms with Gasteiger partial charge in [0.1, 0.15) is 0 Å². The van der Waals surface area contributed by atoms with E-state index >= 15 is 0 Å². The van der Waals surface area contributed by atoms with Crippen molar-refractivity contribution in [2.45, 2.75) is 11.8 Å². The molecule has 1 aliphatic carbocycles. The summed E-state index contributed by atoms with van der Waals surface area (Å²) in [6.07, 6.45) is 0.660. The molecule has 16 heavy (non-hydrogen) atoms. The van der Waals surface area contributed by atoms with Crippen molar-refractivity contribution in [1.82, 2.24) is 5.32 Å². The molecule has 3 nitrogen and oxygen atoms in total. The lowest BCUT2D eigenvalue weighted by molar-refractivity contribution is -0.140. The molecule has 0 spiro atoms. The summed E-state index contributed by atoms with van der Waals surface area (Å²) in [5.41, 5.74) is -0.0362. The van der Waals surface area contributed by atoms with Gasteiger partial charge in [0.05, 0.1) is 5.41 Å². The van der Waals surface area contributed by atoms with Crippen LogP contribution in [0, 0.1) is 5.92 Å². The van der Waals surface area contributed by atoms with Gasteiger partial charge in [-0.2, -0.15) is 0 Å². The third-order valence-corrected chi connectivity index (χ3v) is 3.62. The molecule has 0 unspecified atom stereocenters. The molecule has 0 amide bonds. The van der Waals surface area contributed by atoms with Gasteiger partial charge < -0.3 is 10.4 Å². The van der Waals surface area contributed by atoms with Gasteiger partial charge >= 0.3 is 5.97 Å². The quantitative estimate of drug-likeness (QED) is 0.844. The number of nitrogens with one attached hydrogen (secondary N) is 1. The van der Waals surface area contributed by atoms with Crippen molar-refractivity contribution in [2.24, 2.45) is 5.92 Å². The van der Waals surface area contributed by atoms with Crippen LogP contribution in [0.5, 0.6) is 0 Å². The Morgan fingerprint density at radius 2 is 2.31 bits per heavy atom. The molecule has 2 N–H and O–H groups in total. The number of hydrogen-bond acceptors (Lipinski definition) is 2. The first-order valence-corrected chi connectivity index (χ1v) is 5.63. The number of hydrogen-bond donors (Lipinski definition) is 2. The van der Waals surface area contributed by atoms with Crippen LogP contribution in [0.15, 0.2) is 24.3 Å². The van der Waals surface area contributed by atoms with Crippen molar-refractivity contribution < 1.29 is 9.90 Å². The lowest BCUT2D eigenvalue weighted by Gasteiger charge is -2.14. The third kappa shape index (κ3) is 1.60. The lowest BCUT2D eigenvalue weighted by atomic mass is 9.93. The average Bonchev–Trinajstić information content (AvgIpc) is 2.95. The van der Waals surface area contributed by atoms with Gasteiger partial charge in [-0.05, 0) is 37.6 Å². The van der Waals surface area contributed by atoms with Crippen LogP contribution in [0.3, 0.4) is 0 Å². The first-order valence-electron chi connectivity index (χ1n) is 5.26. The van der Waals surface area contributed by atoms with Crippen LogP contribution in [0.1, 0.15) is 12.0 Å². The zero-order valence-electron chi connectivity index (χ0n) is 9.03. The summed E-state index contributed by atoms with van der Waals surface area (Å²) in [5.74, 6) is -0.643. The van der Waals surface area contributed by atoms with Crippen LogP contribution in [0.4, 0.5) is 0 Å². The molecule has 1 aromatic carbocycles.